The molecular weight excluding hydrogens is 352 g/mol. The Morgan fingerprint density at radius 2 is 1.26 bits per heavy atom. The summed E-state index contributed by atoms with van der Waals surface area (Å²) in [6.07, 6.45) is 31.3. The number of carboxylic acids is 1. The second-order valence-corrected chi connectivity index (χ2v) is 7.62. The van der Waals surface area contributed by atoms with Gasteiger partial charge in [0.1, 0.15) is 5.25 Å². The van der Waals surface area contributed by atoms with Crippen LogP contribution in [0.5, 0.6) is 0 Å². The van der Waals surface area contributed by atoms with E-state index in [9.17, 15) is 4.79 Å². The van der Waals surface area contributed by atoms with Crippen LogP contribution >= 0.6 is 11.8 Å². The smallest absolute Gasteiger partial charge is 0.316 e. The third kappa shape index (κ3) is 19.1. The van der Waals surface area contributed by atoms with Gasteiger partial charge in [-0.25, -0.2) is 0 Å². The Bertz CT molecular complexity index is 487. The first-order valence-corrected chi connectivity index (χ1v) is 11.4. The Morgan fingerprint density at radius 3 is 1.70 bits per heavy atom. The molecule has 0 aromatic heterocycles. The predicted octanol–water partition coefficient (Wildman–Crippen LogP) is 7.50. The molecule has 27 heavy (non-hydrogen) atoms. The molecule has 152 valence electrons. The lowest BCUT2D eigenvalue weighted by molar-refractivity contribution is -0.136. The maximum atomic E-state index is 10.9. The maximum Gasteiger partial charge on any atom is 0.316 e. The minimum absolute atomic E-state index is 0.237. The zero-order valence-corrected chi connectivity index (χ0v) is 18.0. The van der Waals surface area contributed by atoms with Crippen LogP contribution < -0.4 is 0 Å². The number of rotatable bonds is 17. The average molecular weight is 391 g/mol. The van der Waals surface area contributed by atoms with E-state index in [2.05, 4.69) is 67.7 Å². The fourth-order valence-corrected chi connectivity index (χ4v) is 3.36. The van der Waals surface area contributed by atoms with E-state index in [-0.39, 0.29) is 5.25 Å². The van der Waals surface area contributed by atoms with Gasteiger partial charge in [0.15, 0.2) is 0 Å². The van der Waals surface area contributed by atoms with Crippen molar-refractivity contribution in [2.45, 2.75) is 76.9 Å². The quantitative estimate of drug-likeness (QED) is 0.206. The highest BCUT2D eigenvalue weighted by Gasteiger charge is 2.14. The number of hydrogen-bond donors (Lipinski definition) is 1. The number of hydrogen-bond acceptors (Lipinski definition) is 2. The van der Waals surface area contributed by atoms with Crippen molar-refractivity contribution in [2.24, 2.45) is 0 Å². The predicted molar refractivity (Wildman–Crippen MR) is 122 cm³/mol. The van der Waals surface area contributed by atoms with Crippen LogP contribution in [0.2, 0.25) is 0 Å². The molecule has 2 nitrogen and oxygen atoms in total. The Kier molecular flexibility index (Phi) is 19.7. The Hall–Kier alpha value is -1.48. The van der Waals surface area contributed by atoms with Crippen LogP contribution in [-0.2, 0) is 4.79 Å². The average Bonchev–Trinajstić information content (AvgIpc) is 2.66. The van der Waals surface area contributed by atoms with Crippen LogP contribution in [0.1, 0.15) is 71.6 Å². The summed E-state index contributed by atoms with van der Waals surface area (Å²) < 4.78 is 0. The first-order chi connectivity index (χ1) is 13.2. The number of aliphatic carboxylic acids is 1. The molecule has 0 aromatic rings. The van der Waals surface area contributed by atoms with Crippen molar-refractivity contribution in [2.75, 3.05) is 5.75 Å². The largest absolute Gasteiger partial charge is 0.480 e. The zero-order valence-electron chi connectivity index (χ0n) is 17.2. The minimum Gasteiger partial charge on any atom is -0.480 e. The van der Waals surface area contributed by atoms with Crippen molar-refractivity contribution in [1.82, 2.24) is 0 Å². The molecular formula is C24H38O2S. The lowest BCUT2D eigenvalue weighted by Gasteiger charge is -2.08. The van der Waals surface area contributed by atoms with E-state index < -0.39 is 5.97 Å². The van der Waals surface area contributed by atoms with Crippen LogP contribution in [0.4, 0.5) is 0 Å². The summed E-state index contributed by atoms with van der Waals surface area (Å²) in [6.45, 7) is 4.09. The number of carboxylic acid groups (broad SMARTS) is 1. The highest BCUT2D eigenvalue weighted by molar-refractivity contribution is 8.00. The fraction of sp³-hybridized carbons (Fsp3) is 0.542. The van der Waals surface area contributed by atoms with E-state index in [1.807, 2.05) is 6.92 Å². The van der Waals surface area contributed by atoms with Crippen molar-refractivity contribution < 1.29 is 9.90 Å². The molecule has 0 heterocycles. The number of thioether (sulfide) groups is 1. The molecule has 0 radical (unpaired) electrons. The third-order valence-corrected chi connectivity index (χ3v) is 5.35. The molecule has 0 aromatic carbocycles. The topological polar surface area (TPSA) is 37.3 Å². The van der Waals surface area contributed by atoms with E-state index in [1.165, 1.54) is 0 Å². The molecule has 3 heteroatoms. The Morgan fingerprint density at radius 1 is 0.778 bits per heavy atom. The number of unbranched alkanes of at least 4 members (excludes halogenated alkanes) is 2. The first-order valence-electron chi connectivity index (χ1n) is 10.3. The van der Waals surface area contributed by atoms with Crippen molar-refractivity contribution >= 4 is 17.7 Å². The number of allylic oxidation sites excluding steroid dienone is 10. The summed E-state index contributed by atoms with van der Waals surface area (Å²) in [7, 11) is 0. The first kappa shape index (κ1) is 25.5. The van der Waals surface area contributed by atoms with Gasteiger partial charge in [-0.15, -0.1) is 11.8 Å². The lowest BCUT2D eigenvalue weighted by atomic mass is 10.2. The molecule has 0 rings (SSSR count). The second-order valence-electron chi connectivity index (χ2n) is 6.31. The molecule has 0 bridgehead atoms. The fourth-order valence-electron chi connectivity index (χ4n) is 2.32. The van der Waals surface area contributed by atoms with Crippen molar-refractivity contribution in [3.63, 3.8) is 0 Å². The van der Waals surface area contributed by atoms with Gasteiger partial charge in [0.2, 0.25) is 0 Å². The standard InChI is InChI=1S/C24H38O2S/c1-3-5-6-7-8-9-10-11-12-13-14-15-16-17-18-19-20-21-22-27-23(4-2)24(25)26/h5-6,8-9,11-12,14-15,17-18,23H,3-4,7,10,13,16,19-22H2,1-2H3,(H,25,26)/b6-5-,9-8-,12-11-,15-14-,18-17-/t23-/m0/s1. The Labute approximate surface area is 171 Å². The maximum absolute atomic E-state index is 10.9. The third-order valence-electron chi connectivity index (χ3n) is 3.89. The summed E-state index contributed by atoms with van der Waals surface area (Å²) in [5.74, 6) is 0.260. The van der Waals surface area contributed by atoms with E-state index >= 15 is 0 Å². The zero-order chi connectivity index (χ0) is 20.0. The summed E-state index contributed by atoms with van der Waals surface area (Å²) >= 11 is 1.57. The van der Waals surface area contributed by atoms with Gasteiger partial charge in [-0.1, -0.05) is 74.6 Å². The molecule has 0 aliphatic rings. The highest BCUT2D eigenvalue weighted by Crippen LogP contribution is 2.17. The molecule has 1 N–H and O–H groups in total. The highest BCUT2D eigenvalue weighted by atomic mass is 32.2. The summed E-state index contributed by atoms with van der Waals surface area (Å²) in [5.41, 5.74) is 0. The van der Waals surface area contributed by atoms with Gasteiger partial charge in [-0.3, -0.25) is 4.79 Å². The van der Waals surface area contributed by atoms with Crippen LogP contribution in [0, 0.1) is 0 Å². The molecule has 0 spiro atoms. The monoisotopic (exact) mass is 390 g/mol. The SMILES string of the molecule is CC/C=C\C/C=C\C/C=C\C/C=C\C/C=C\CCCCS[C@@H](CC)C(=O)O. The van der Waals surface area contributed by atoms with Gasteiger partial charge in [-0.05, 0) is 63.5 Å². The molecule has 0 aliphatic heterocycles. The van der Waals surface area contributed by atoms with Gasteiger partial charge in [-0.2, -0.15) is 0 Å². The van der Waals surface area contributed by atoms with Gasteiger partial charge in [0.05, 0.1) is 0 Å². The molecule has 0 fully saturated rings. The van der Waals surface area contributed by atoms with Crippen LogP contribution in [0.25, 0.3) is 0 Å². The number of carbonyl (C=O) groups is 1. The normalized spacial score (nSPS) is 13.9. The van der Waals surface area contributed by atoms with Crippen molar-refractivity contribution in [1.29, 1.82) is 0 Å². The van der Waals surface area contributed by atoms with Crippen LogP contribution in [-0.4, -0.2) is 22.1 Å². The summed E-state index contributed by atoms with van der Waals surface area (Å²) in [6, 6.07) is 0. The lowest BCUT2D eigenvalue weighted by Crippen LogP contribution is -2.15. The molecule has 1 atom stereocenters. The molecule has 0 aliphatic carbocycles. The molecule has 0 saturated carbocycles. The van der Waals surface area contributed by atoms with Gasteiger partial charge < -0.3 is 5.11 Å². The summed E-state index contributed by atoms with van der Waals surface area (Å²) in [4.78, 5) is 10.9. The van der Waals surface area contributed by atoms with Gasteiger partial charge in [0, 0.05) is 0 Å². The summed E-state index contributed by atoms with van der Waals surface area (Å²) in [5, 5.41) is 8.74. The van der Waals surface area contributed by atoms with Gasteiger partial charge in [0.25, 0.3) is 0 Å². The second kappa shape index (κ2) is 20.8. The molecule has 0 unspecified atom stereocenters. The molecule has 0 amide bonds. The van der Waals surface area contributed by atoms with E-state index in [0.29, 0.717) is 6.42 Å². The van der Waals surface area contributed by atoms with Gasteiger partial charge >= 0.3 is 5.97 Å². The Balaban J connectivity index is 3.51. The van der Waals surface area contributed by atoms with E-state index in [1.54, 1.807) is 11.8 Å². The van der Waals surface area contributed by atoms with Crippen molar-refractivity contribution in [3.05, 3.63) is 60.8 Å². The minimum atomic E-state index is -0.680. The van der Waals surface area contributed by atoms with Crippen LogP contribution in [0.3, 0.4) is 0 Å². The van der Waals surface area contributed by atoms with E-state index in [0.717, 1.165) is 57.1 Å². The van der Waals surface area contributed by atoms with Crippen molar-refractivity contribution in [3.8, 4) is 0 Å². The van der Waals surface area contributed by atoms with Crippen LogP contribution in [0.15, 0.2) is 60.8 Å². The van der Waals surface area contributed by atoms with E-state index in [4.69, 9.17) is 5.11 Å². The molecule has 0 saturated heterocycles.